The molecule has 6 atom stereocenters. The second kappa shape index (κ2) is 12.2. The topological polar surface area (TPSA) is 143 Å². The van der Waals surface area contributed by atoms with Gasteiger partial charge in [-0.2, -0.15) is 0 Å². The second-order valence-corrected chi connectivity index (χ2v) is 16.3. The van der Waals surface area contributed by atoms with Crippen molar-refractivity contribution in [2.24, 2.45) is 46.3 Å². The molecule has 4 aliphatic rings. The molecule has 0 bridgehead atoms. The highest BCUT2D eigenvalue weighted by Gasteiger charge is 2.76. The summed E-state index contributed by atoms with van der Waals surface area (Å²) in [6, 6.07) is 11.4. The van der Waals surface area contributed by atoms with Crippen LogP contribution in [0.4, 0.5) is 0 Å². The highest BCUT2D eigenvalue weighted by molar-refractivity contribution is 6.32. The van der Waals surface area contributed by atoms with Gasteiger partial charge < -0.3 is 10.2 Å². The van der Waals surface area contributed by atoms with Gasteiger partial charge in [-0.05, 0) is 97.4 Å². The molecule has 0 heterocycles. The summed E-state index contributed by atoms with van der Waals surface area (Å²) in [5, 5.41) is 23.3. The Bertz CT molecular complexity index is 1760. The van der Waals surface area contributed by atoms with Gasteiger partial charge in [-0.3, -0.25) is 28.8 Å². The van der Waals surface area contributed by atoms with E-state index in [1.54, 1.807) is 33.8 Å². The quantitative estimate of drug-likeness (QED) is 0.338. The number of Topliss-reactive ketones (excluding diaryl/α,β-unsaturated/α-hetero) is 6. The molecule has 2 aromatic carbocycles. The van der Waals surface area contributed by atoms with Gasteiger partial charge in [-0.1, -0.05) is 65.0 Å². The Labute approximate surface area is 288 Å². The van der Waals surface area contributed by atoms with Crippen molar-refractivity contribution in [1.82, 2.24) is 0 Å². The fraction of sp³-hybridized carbons (Fsp3) is 0.561. The number of phenolic OH excluding ortho intramolecular Hbond substituents is 1. The van der Waals surface area contributed by atoms with E-state index in [2.05, 4.69) is 12.1 Å². The Kier molecular flexibility index (Phi) is 8.74. The zero-order valence-electron chi connectivity index (χ0n) is 29.4. The fourth-order valence-electron chi connectivity index (χ4n) is 10.5. The summed E-state index contributed by atoms with van der Waals surface area (Å²) in [5.74, 6) is -7.90. The minimum atomic E-state index is -2.71. The molecule has 49 heavy (non-hydrogen) atoms. The zero-order valence-corrected chi connectivity index (χ0v) is 29.4. The van der Waals surface area contributed by atoms with E-state index < -0.39 is 69.0 Å². The van der Waals surface area contributed by atoms with E-state index in [0.717, 1.165) is 50.2 Å². The molecule has 8 nitrogen and oxygen atoms in total. The molecule has 2 aromatic rings. The van der Waals surface area contributed by atoms with E-state index in [9.17, 15) is 39.0 Å². The Morgan fingerprint density at radius 3 is 2.12 bits per heavy atom. The first kappa shape index (κ1) is 35.1. The average Bonchev–Trinajstić information content (AvgIpc) is 3.03. The molecule has 4 aliphatic carbocycles. The minimum Gasteiger partial charge on any atom is -0.507 e. The number of phenols is 1. The number of carbonyl (C=O) groups excluding carboxylic acids is 6. The number of hydrogen-bond acceptors (Lipinski definition) is 8. The van der Waals surface area contributed by atoms with Gasteiger partial charge in [0.25, 0.3) is 0 Å². The van der Waals surface area contributed by atoms with Crippen molar-refractivity contribution in [2.75, 3.05) is 0 Å². The van der Waals surface area contributed by atoms with E-state index in [0.29, 0.717) is 23.7 Å². The number of rotatable bonds is 7. The first-order chi connectivity index (χ1) is 23.0. The van der Waals surface area contributed by atoms with Gasteiger partial charge >= 0.3 is 0 Å². The molecule has 8 heteroatoms. The van der Waals surface area contributed by atoms with Crippen molar-refractivity contribution < 1.29 is 39.0 Å². The van der Waals surface area contributed by atoms with Crippen LogP contribution in [0.3, 0.4) is 0 Å². The van der Waals surface area contributed by atoms with Crippen LogP contribution in [-0.4, -0.2) is 50.5 Å². The van der Waals surface area contributed by atoms with Crippen LogP contribution in [0, 0.1) is 46.3 Å². The number of ketones is 6. The summed E-state index contributed by atoms with van der Waals surface area (Å²) >= 11 is 0. The predicted octanol–water partition coefficient (Wildman–Crippen LogP) is 6.09. The van der Waals surface area contributed by atoms with E-state index in [1.807, 2.05) is 19.1 Å². The summed E-state index contributed by atoms with van der Waals surface area (Å²) in [4.78, 5) is 81.3. The van der Waals surface area contributed by atoms with Gasteiger partial charge in [0.05, 0.1) is 11.5 Å². The molecular weight excluding hydrogens is 620 g/mol. The van der Waals surface area contributed by atoms with Crippen LogP contribution in [-0.2, 0) is 36.8 Å². The van der Waals surface area contributed by atoms with E-state index in [1.165, 1.54) is 11.6 Å². The maximum atomic E-state index is 14.5. The molecule has 0 radical (unpaired) electrons. The van der Waals surface area contributed by atoms with Gasteiger partial charge in [-0.25, -0.2) is 0 Å². The molecule has 260 valence electrons. The van der Waals surface area contributed by atoms with Crippen LogP contribution in [0.1, 0.15) is 102 Å². The van der Waals surface area contributed by atoms with E-state index in [-0.39, 0.29) is 30.1 Å². The van der Waals surface area contributed by atoms with Crippen LogP contribution in [0.15, 0.2) is 36.4 Å². The maximum absolute atomic E-state index is 14.5. The Balaban J connectivity index is 1.35. The van der Waals surface area contributed by atoms with Crippen LogP contribution >= 0.6 is 0 Å². The summed E-state index contributed by atoms with van der Waals surface area (Å²) in [6.07, 6.45) is 5.68. The van der Waals surface area contributed by atoms with Crippen molar-refractivity contribution in [3.63, 3.8) is 0 Å². The molecule has 3 unspecified atom stereocenters. The lowest BCUT2D eigenvalue weighted by atomic mass is 9.40. The Morgan fingerprint density at radius 2 is 1.55 bits per heavy atom. The van der Waals surface area contributed by atoms with Crippen LogP contribution in [0.25, 0.3) is 11.1 Å². The lowest BCUT2D eigenvalue weighted by Crippen LogP contribution is -2.76. The normalized spacial score (nSPS) is 34.3. The molecule has 3 fully saturated rings. The molecule has 0 aliphatic heterocycles. The molecule has 0 spiro atoms. The smallest absolute Gasteiger partial charge is 0.190 e. The number of carbonyl (C=O) groups is 6. The first-order valence-electron chi connectivity index (χ1n) is 17.9. The average molecular weight is 669 g/mol. The number of aliphatic hydroxyl groups is 1. The van der Waals surface area contributed by atoms with Gasteiger partial charge in [0, 0.05) is 23.7 Å². The molecule has 0 amide bonds. The van der Waals surface area contributed by atoms with Crippen molar-refractivity contribution in [3.05, 3.63) is 53.1 Å². The summed E-state index contributed by atoms with van der Waals surface area (Å²) in [5.41, 5.74) is -1.97. The molecule has 3 saturated carbocycles. The maximum Gasteiger partial charge on any atom is 0.190 e. The van der Waals surface area contributed by atoms with Crippen molar-refractivity contribution in [1.29, 1.82) is 0 Å². The SMILES string of the molecule is CCC(=O)C1CCC(Cc2ccc(-c3ccc(O)c4c3C[C@]3(C)C[C@]5(C)C(C(C)C)C(=O)C(C(C)=O)C(=O)[C@]5(O)C(=O)C3C4=O)cc2)CC1. The number of hydrogen-bond donors (Lipinski definition) is 2. The van der Waals surface area contributed by atoms with Crippen molar-refractivity contribution >= 4 is 34.7 Å². The predicted molar refractivity (Wildman–Crippen MR) is 183 cm³/mol. The number of fused-ring (bicyclic) bond motifs is 3. The molecule has 6 rings (SSSR count). The van der Waals surface area contributed by atoms with Crippen LogP contribution in [0.5, 0.6) is 5.75 Å². The molecule has 2 N–H and O–H groups in total. The third kappa shape index (κ3) is 5.19. The summed E-state index contributed by atoms with van der Waals surface area (Å²) in [7, 11) is 0. The van der Waals surface area contributed by atoms with Crippen molar-refractivity contribution in [3.8, 4) is 16.9 Å². The fourth-order valence-corrected chi connectivity index (χ4v) is 10.5. The van der Waals surface area contributed by atoms with E-state index >= 15 is 0 Å². The van der Waals surface area contributed by atoms with Crippen LogP contribution < -0.4 is 0 Å². The third-order valence-corrected chi connectivity index (χ3v) is 12.7. The second-order valence-electron chi connectivity index (χ2n) is 16.3. The van der Waals surface area contributed by atoms with Crippen LogP contribution in [0.2, 0.25) is 0 Å². The lowest BCUT2D eigenvalue weighted by molar-refractivity contribution is -0.205. The Hall–Kier alpha value is -3.78. The number of benzene rings is 2. The Morgan fingerprint density at radius 1 is 0.918 bits per heavy atom. The summed E-state index contributed by atoms with van der Waals surface area (Å²) < 4.78 is 0. The zero-order chi connectivity index (χ0) is 35.8. The summed E-state index contributed by atoms with van der Waals surface area (Å²) in [6.45, 7) is 9.97. The highest BCUT2D eigenvalue weighted by Crippen LogP contribution is 2.64. The van der Waals surface area contributed by atoms with Gasteiger partial charge in [0.15, 0.2) is 28.7 Å². The molecule has 0 saturated heterocycles. The van der Waals surface area contributed by atoms with E-state index in [4.69, 9.17) is 0 Å². The monoisotopic (exact) mass is 668 g/mol. The standard InChI is InChI=1S/C41H48O8/c1-7-29(43)26-14-10-24(11-15-26)18-23-8-12-25(13-9-23)27-16-17-30(44)32-28(27)19-39(5)20-40(6)33(21(2)3)35(45)31(22(4)42)37(47)41(40,49)38(48)34(39)36(32)46/h8-9,12-13,16-17,21,24,26,31,33-34,44,49H,7,10-11,14-15,18-20H2,1-6H3/t24?,26?,31?,33?,34?,39-,40-,41+/m1/s1. The number of aromatic hydroxyl groups is 1. The lowest BCUT2D eigenvalue weighted by Gasteiger charge is -2.61. The van der Waals surface area contributed by atoms with Gasteiger partial charge in [0.1, 0.15) is 23.2 Å². The largest absolute Gasteiger partial charge is 0.507 e. The molecule has 0 aromatic heterocycles. The molecular formula is C41H48O8. The highest BCUT2D eigenvalue weighted by atomic mass is 16.3. The third-order valence-electron chi connectivity index (χ3n) is 12.7. The van der Waals surface area contributed by atoms with Gasteiger partial charge in [0.2, 0.25) is 0 Å². The minimum absolute atomic E-state index is 0.00542. The van der Waals surface area contributed by atoms with Gasteiger partial charge in [-0.15, -0.1) is 0 Å². The van der Waals surface area contributed by atoms with Crippen molar-refractivity contribution in [2.45, 2.75) is 98.5 Å². The first-order valence-corrected chi connectivity index (χ1v) is 17.9.